The second kappa shape index (κ2) is 14.0. The third kappa shape index (κ3) is 8.19. The summed E-state index contributed by atoms with van der Waals surface area (Å²) in [5.41, 5.74) is 2.44. The van der Waals surface area contributed by atoms with E-state index in [1.807, 2.05) is 24.3 Å². The first-order chi connectivity index (χ1) is 20.1. The lowest BCUT2D eigenvalue weighted by Crippen LogP contribution is -2.34. The Balaban J connectivity index is 1.62. The standard InChI is InChI=1S/C31H34ClFN5O3P/c1-5-30(39)35-26-17-22(27(41-2)18-21(26)9-8-14-38-15-12-23(33)13-16-38)19-29-34-20-24(32)31(37-29)36-25-10-6-7-11-28(25)42(3,4)40/h5-7,10-11,17-18,20,23H,1,12-16,19H2,2-4H3,(H,35,39)(H,34,36,37). The number of aromatic nitrogens is 2. The molecule has 1 aliphatic heterocycles. The van der Waals surface area contributed by atoms with E-state index >= 15 is 0 Å². The molecule has 1 saturated heterocycles. The van der Waals surface area contributed by atoms with Crippen LogP contribution in [0.15, 0.2) is 55.3 Å². The SMILES string of the molecule is C=CC(=O)Nc1cc(Cc2ncc(Cl)c(Nc3ccccc3P(C)(C)=O)n2)c(OC)cc1C#CCN1CCC(F)CC1. The lowest BCUT2D eigenvalue weighted by atomic mass is 10.0. The van der Waals surface area contributed by atoms with Crippen LogP contribution >= 0.6 is 18.7 Å². The van der Waals surface area contributed by atoms with Gasteiger partial charge >= 0.3 is 0 Å². The number of hydrogen-bond acceptors (Lipinski definition) is 7. The summed E-state index contributed by atoms with van der Waals surface area (Å²) in [7, 11) is -1.01. The maximum absolute atomic E-state index is 13.5. The van der Waals surface area contributed by atoms with E-state index in [9.17, 15) is 13.8 Å². The Morgan fingerprint density at radius 2 is 2.00 bits per heavy atom. The Bertz CT molecular complexity index is 1570. The number of halogens is 2. The average Bonchev–Trinajstić information content (AvgIpc) is 2.96. The number of amides is 1. The van der Waals surface area contributed by atoms with Crippen molar-refractivity contribution in [1.82, 2.24) is 14.9 Å². The molecule has 220 valence electrons. The van der Waals surface area contributed by atoms with Gasteiger partial charge in [0.1, 0.15) is 29.9 Å². The van der Waals surface area contributed by atoms with Crippen LogP contribution < -0.4 is 20.7 Å². The van der Waals surface area contributed by atoms with Gasteiger partial charge in [-0.2, -0.15) is 0 Å². The lowest BCUT2D eigenvalue weighted by Gasteiger charge is -2.26. The lowest BCUT2D eigenvalue weighted by molar-refractivity contribution is -0.111. The number of carbonyl (C=O) groups is 1. The Hall–Kier alpha value is -3.70. The molecule has 0 saturated carbocycles. The minimum Gasteiger partial charge on any atom is -0.496 e. The molecule has 0 spiro atoms. The van der Waals surface area contributed by atoms with E-state index in [1.165, 1.54) is 12.3 Å². The minimum atomic E-state index is -2.56. The molecule has 0 unspecified atom stereocenters. The summed E-state index contributed by atoms with van der Waals surface area (Å²) in [6.45, 7) is 8.78. The monoisotopic (exact) mass is 609 g/mol. The van der Waals surface area contributed by atoms with Gasteiger partial charge in [0.15, 0.2) is 5.82 Å². The zero-order valence-electron chi connectivity index (χ0n) is 23.9. The summed E-state index contributed by atoms with van der Waals surface area (Å²) in [4.78, 5) is 23.4. The third-order valence-corrected chi connectivity index (χ3v) is 8.61. The van der Waals surface area contributed by atoms with Gasteiger partial charge in [-0.25, -0.2) is 14.4 Å². The first-order valence-electron chi connectivity index (χ1n) is 13.5. The molecule has 0 bridgehead atoms. The van der Waals surface area contributed by atoms with Crippen molar-refractivity contribution < 1.29 is 18.5 Å². The molecular formula is C31H34ClFN5O3P. The molecule has 0 aliphatic carbocycles. The number of nitrogens with one attached hydrogen (secondary N) is 2. The zero-order valence-corrected chi connectivity index (χ0v) is 25.6. The molecule has 8 nitrogen and oxygen atoms in total. The molecule has 1 aliphatic rings. The number of piperidine rings is 1. The van der Waals surface area contributed by atoms with Crippen LogP contribution in [-0.2, 0) is 15.8 Å². The maximum atomic E-state index is 13.5. The number of likely N-dealkylation sites (tertiary alicyclic amines) is 1. The number of alkyl halides is 1. The Labute approximate surface area is 251 Å². The van der Waals surface area contributed by atoms with Crippen LogP contribution in [0.25, 0.3) is 0 Å². The van der Waals surface area contributed by atoms with Crippen molar-refractivity contribution in [2.24, 2.45) is 0 Å². The smallest absolute Gasteiger partial charge is 0.247 e. The third-order valence-electron chi connectivity index (χ3n) is 6.79. The topological polar surface area (TPSA) is 96.5 Å². The number of benzene rings is 2. The highest BCUT2D eigenvalue weighted by Gasteiger charge is 2.19. The van der Waals surface area contributed by atoms with Crippen molar-refractivity contribution in [3.63, 3.8) is 0 Å². The molecular weight excluding hydrogens is 576 g/mol. The van der Waals surface area contributed by atoms with Gasteiger partial charge in [0.25, 0.3) is 0 Å². The first-order valence-corrected chi connectivity index (χ1v) is 16.5. The summed E-state index contributed by atoms with van der Waals surface area (Å²) in [6, 6.07) is 10.9. The van der Waals surface area contributed by atoms with Gasteiger partial charge in [-0.1, -0.05) is 42.2 Å². The highest BCUT2D eigenvalue weighted by molar-refractivity contribution is 7.70. The fourth-order valence-corrected chi connectivity index (χ4v) is 5.87. The molecule has 3 aromatic rings. The summed E-state index contributed by atoms with van der Waals surface area (Å²) < 4.78 is 32.0. The van der Waals surface area contributed by atoms with Crippen LogP contribution in [0.4, 0.5) is 21.6 Å². The largest absolute Gasteiger partial charge is 0.496 e. The second-order valence-corrected chi connectivity index (χ2v) is 13.9. The van der Waals surface area contributed by atoms with E-state index in [0.717, 1.165) is 0 Å². The highest BCUT2D eigenvalue weighted by Crippen LogP contribution is 2.38. The maximum Gasteiger partial charge on any atom is 0.247 e. The van der Waals surface area contributed by atoms with Crippen molar-refractivity contribution in [3.05, 3.63) is 77.2 Å². The molecule has 42 heavy (non-hydrogen) atoms. The molecule has 0 atom stereocenters. The molecule has 0 radical (unpaired) electrons. The van der Waals surface area contributed by atoms with Crippen LogP contribution in [0.1, 0.15) is 29.8 Å². The van der Waals surface area contributed by atoms with Crippen molar-refractivity contribution in [3.8, 4) is 17.6 Å². The van der Waals surface area contributed by atoms with Crippen LogP contribution in [0.5, 0.6) is 5.75 Å². The predicted octanol–water partition coefficient (Wildman–Crippen LogP) is 5.63. The number of ether oxygens (including phenoxy) is 1. The molecule has 1 fully saturated rings. The molecule has 1 aromatic heterocycles. The number of nitrogens with zero attached hydrogens (tertiary/aromatic N) is 3. The number of para-hydroxylation sites is 1. The van der Waals surface area contributed by atoms with Crippen molar-refractivity contribution in [2.75, 3.05) is 50.7 Å². The predicted molar refractivity (Wildman–Crippen MR) is 168 cm³/mol. The second-order valence-electron chi connectivity index (χ2n) is 10.3. The van der Waals surface area contributed by atoms with E-state index < -0.39 is 13.3 Å². The normalized spacial score (nSPS) is 14.0. The molecule has 2 N–H and O–H groups in total. The number of methoxy groups -OCH3 is 1. The van der Waals surface area contributed by atoms with E-state index in [4.69, 9.17) is 16.3 Å². The number of rotatable bonds is 9. The zero-order chi connectivity index (χ0) is 30.3. The molecule has 4 rings (SSSR count). The molecule has 1 amide bonds. The summed E-state index contributed by atoms with van der Waals surface area (Å²) >= 11 is 6.43. The summed E-state index contributed by atoms with van der Waals surface area (Å²) in [5, 5.41) is 7.03. The summed E-state index contributed by atoms with van der Waals surface area (Å²) in [6.07, 6.45) is 3.24. The fourth-order valence-electron chi connectivity index (χ4n) is 4.57. The van der Waals surface area contributed by atoms with E-state index in [2.05, 4.69) is 43.9 Å². The van der Waals surface area contributed by atoms with Crippen LogP contribution in [-0.4, -0.2) is 67.0 Å². The van der Waals surface area contributed by atoms with Crippen LogP contribution in [0, 0.1) is 11.8 Å². The molecule has 2 heterocycles. The van der Waals surface area contributed by atoms with Crippen molar-refractivity contribution in [1.29, 1.82) is 0 Å². The van der Waals surface area contributed by atoms with E-state index in [-0.39, 0.29) is 12.3 Å². The highest BCUT2D eigenvalue weighted by atomic mass is 35.5. The van der Waals surface area contributed by atoms with Gasteiger partial charge in [0.2, 0.25) is 5.91 Å². The number of hydrogen-bond donors (Lipinski definition) is 2. The molecule has 11 heteroatoms. The quantitative estimate of drug-likeness (QED) is 0.184. The van der Waals surface area contributed by atoms with Crippen LogP contribution in [0.2, 0.25) is 5.02 Å². The van der Waals surface area contributed by atoms with Gasteiger partial charge in [0, 0.05) is 30.4 Å². The average molecular weight is 610 g/mol. The van der Waals surface area contributed by atoms with Gasteiger partial charge < -0.3 is 19.9 Å². The molecule has 2 aromatic carbocycles. The van der Waals surface area contributed by atoms with E-state index in [0.29, 0.717) is 82.7 Å². The van der Waals surface area contributed by atoms with Gasteiger partial charge in [0.05, 0.1) is 36.8 Å². The van der Waals surface area contributed by atoms with Gasteiger partial charge in [-0.05, 0) is 56.5 Å². The Morgan fingerprint density at radius 1 is 1.26 bits per heavy atom. The number of carbonyl (C=O) groups excluding carboxylic acids is 1. The minimum absolute atomic E-state index is 0.263. The Morgan fingerprint density at radius 3 is 2.69 bits per heavy atom. The van der Waals surface area contributed by atoms with Gasteiger partial charge in [-0.15, -0.1) is 0 Å². The van der Waals surface area contributed by atoms with Crippen molar-refractivity contribution in [2.45, 2.75) is 25.4 Å². The first kappa shape index (κ1) is 31.2. The van der Waals surface area contributed by atoms with Crippen molar-refractivity contribution >= 4 is 47.1 Å². The van der Waals surface area contributed by atoms with E-state index in [1.54, 1.807) is 32.6 Å². The van der Waals surface area contributed by atoms with Crippen LogP contribution in [0.3, 0.4) is 0 Å². The van der Waals surface area contributed by atoms with Gasteiger partial charge in [-0.3, -0.25) is 9.69 Å². The summed E-state index contributed by atoms with van der Waals surface area (Å²) in [5.74, 6) is 7.27. The Kier molecular flexibility index (Phi) is 10.4. The number of anilines is 3. The fraction of sp³-hybridized carbons (Fsp3) is 0.323.